The van der Waals surface area contributed by atoms with Crippen LogP contribution in [0.15, 0.2) is 52.7 Å². The number of amides is 1. The molecule has 2 aromatic carbocycles. The highest BCUT2D eigenvalue weighted by Crippen LogP contribution is 2.22. The quantitative estimate of drug-likeness (QED) is 0.600. The van der Waals surface area contributed by atoms with Gasteiger partial charge < -0.3 is 5.32 Å². The van der Waals surface area contributed by atoms with Crippen LogP contribution in [0.5, 0.6) is 0 Å². The van der Waals surface area contributed by atoms with E-state index in [9.17, 15) is 13.2 Å². The van der Waals surface area contributed by atoms with Gasteiger partial charge in [0.05, 0.1) is 17.0 Å². The summed E-state index contributed by atoms with van der Waals surface area (Å²) < 4.78 is 27.3. The van der Waals surface area contributed by atoms with Crippen molar-refractivity contribution < 1.29 is 13.2 Å². The van der Waals surface area contributed by atoms with E-state index in [4.69, 9.17) is 11.6 Å². The predicted molar refractivity (Wildman–Crippen MR) is 113 cm³/mol. The molecule has 0 saturated carbocycles. The van der Waals surface area contributed by atoms with Crippen molar-refractivity contribution in [3.05, 3.63) is 69.7 Å². The molecule has 0 aliphatic heterocycles. The lowest BCUT2D eigenvalue weighted by atomic mass is 10.2. The minimum Gasteiger partial charge on any atom is -0.326 e. The summed E-state index contributed by atoms with van der Waals surface area (Å²) in [5.41, 5.74) is 2.96. The molecule has 3 rings (SSSR count). The number of nitrogens with one attached hydrogen (secondary N) is 2. The summed E-state index contributed by atoms with van der Waals surface area (Å²) >= 11 is 7.18. The van der Waals surface area contributed by atoms with E-state index in [1.165, 1.54) is 12.1 Å². The fraction of sp³-hybridized carbons (Fsp3) is 0.158. The molecule has 0 aliphatic carbocycles. The van der Waals surface area contributed by atoms with Crippen LogP contribution in [0.1, 0.15) is 16.8 Å². The van der Waals surface area contributed by atoms with Gasteiger partial charge in [0.1, 0.15) is 0 Å². The van der Waals surface area contributed by atoms with E-state index in [-0.39, 0.29) is 22.4 Å². The lowest BCUT2D eigenvalue weighted by molar-refractivity contribution is -0.115. The van der Waals surface area contributed by atoms with Crippen LogP contribution in [0.3, 0.4) is 0 Å². The normalized spacial score (nSPS) is 11.2. The van der Waals surface area contributed by atoms with E-state index in [2.05, 4.69) is 15.0 Å². The van der Waals surface area contributed by atoms with Crippen molar-refractivity contribution in [1.82, 2.24) is 4.98 Å². The van der Waals surface area contributed by atoms with E-state index >= 15 is 0 Å². The third kappa shape index (κ3) is 5.09. The lowest BCUT2D eigenvalue weighted by Gasteiger charge is -2.06. The fourth-order valence-corrected chi connectivity index (χ4v) is 4.51. The van der Waals surface area contributed by atoms with Crippen LogP contribution in [0.4, 0.5) is 10.8 Å². The van der Waals surface area contributed by atoms with Crippen molar-refractivity contribution in [2.24, 2.45) is 0 Å². The largest absolute Gasteiger partial charge is 0.326 e. The van der Waals surface area contributed by atoms with Crippen molar-refractivity contribution in [2.75, 3.05) is 10.0 Å². The zero-order valence-electron chi connectivity index (χ0n) is 15.2. The molecule has 0 unspecified atom stereocenters. The van der Waals surface area contributed by atoms with Gasteiger partial charge in [0.2, 0.25) is 5.91 Å². The van der Waals surface area contributed by atoms with Gasteiger partial charge in [-0.25, -0.2) is 13.4 Å². The van der Waals surface area contributed by atoms with Crippen LogP contribution in [-0.2, 0) is 21.2 Å². The molecule has 0 spiro atoms. The first-order chi connectivity index (χ1) is 13.2. The minimum absolute atomic E-state index is 0.0221. The Morgan fingerprint density at radius 1 is 1.14 bits per heavy atom. The van der Waals surface area contributed by atoms with Crippen LogP contribution in [0.25, 0.3) is 0 Å². The second kappa shape index (κ2) is 8.30. The van der Waals surface area contributed by atoms with Crippen molar-refractivity contribution in [2.45, 2.75) is 25.2 Å². The summed E-state index contributed by atoms with van der Waals surface area (Å²) in [5, 5.41) is 5.18. The Kier molecular flexibility index (Phi) is 6.02. The molecule has 0 saturated heterocycles. The zero-order valence-corrected chi connectivity index (χ0v) is 17.6. The van der Waals surface area contributed by atoms with Gasteiger partial charge in [-0.2, -0.15) is 0 Å². The highest BCUT2D eigenvalue weighted by molar-refractivity contribution is 7.93. The zero-order chi connectivity index (χ0) is 20.3. The van der Waals surface area contributed by atoms with Crippen molar-refractivity contribution in [3.8, 4) is 0 Å². The summed E-state index contributed by atoms with van der Waals surface area (Å²) in [6.45, 7) is 3.76. The van der Waals surface area contributed by atoms with Gasteiger partial charge >= 0.3 is 0 Å². The topological polar surface area (TPSA) is 88.2 Å². The molecule has 0 radical (unpaired) electrons. The fourth-order valence-electron chi connectivity index (χ4n) is 2.37. The highest BCUT2D eigenvalue weighted by Gasteiger charge is 2.16. The predicted octanol–water partition coefficient (Wildman–Crippen LogP) is 4.40. The number of rotatable bonds is 6. The molecule has 28 heavy (non-hydrogen) atoms. The molecular weight excluding hydrogens is 418 g/mol. The molecule has 2 N–H and O–H groups in total. The number of carbonyl (C=O) groups excluding carboxylic acids is 1. The molecule has 146 valence electrons. The molecule has 0 bridgehead atoms. The van der Waals surface area contributed by atoms with Gasteiger partial charge in [0.25, 0.3) is 10.0 Å². The maximum atomic E-state index is 12.4. The Bertz CT molecular complexity index is 1110. The van der Waals surface area contributed by atoms with Gasteiger partial charge in [0.15, 0.2) is 5.13 Å². The molecule has 1 heterocycles. The summed E-state index contributed by atoms with van der Waals surface area (Å²) in [5.74, 6) is -0.266. The first-order valence-corrected chi connectivity index (χ1v) is 11.1. The number of hydrogen-bond donors (Lipinski definition) is 2. The summed E-state index contributed by atoms with van der Waals surface area (Å²) in [6.07, 6.45) is 0.0221. The highest BCUT2D eigenvalue weighted by atomic mass is 35.5. The molecule has 3 aromatic rings. The number of thiazole rings is 1. The second-order valence-electron chi connectivity index (χ2n) is 6.25. The van der Waals surface area contributed by atoms with Gasteiger partial charge in [-0.3, -0.25) is 9.52 Å². The average Bonchev–Trinajstić information content (AvgIpc) is 3.04. The number of anilines is 2. The van der Waals surface area contributed by atoms with Crippen LogP contribution in [0, 0.1) is 13.8 Å². The monoisotopic (exact) mass is 435 g/mol. The molecule has 0 aliphatic rings. The van der Waals surface area contributed by atoms with Crippen molar-refractivity contribution in [3.63, 3.8) is 0 Å². The number of sulfonamides is 1. The summed E-state index contributed by atoms with van der Waals surface area (Å²) in [7, 11) is -3.72. The third-order valence-electron chi connectivity index (χ3n) is 3.90. The standard InChI is InChI=1S/C19H18ClN3O3S2/c1-12-3-7-16(8-4-12)28(25,26)23-19-22-15(11-27-19)10-18(24)21-14-6-5-13(2)17(20)9-14/h3-9,11H,10H2,1-2H3,(H,21,24)(H,22,23). The number of carbonyl (C=O) groups is 1. The Morgan fingerprint density at radius 3 is 2.54 bits per heavy atom. The molecule has 1 amide bonds. The number of benzene rings is 2. The number of halogens is 1. The number of aromatic nitrogens is 1. The van der Waals surface area contributed by atoms with Gasteiger partial charge in [-0.05, 0) is 43.7 Å². The van der Waals surface area contributed by atoms with E-state index < -0.39 is 10.0 Å². The van der Waals surface area contributed by atoms with E-state index in [0.29, 0.717) is 16.4 Å². The average molecular weight is 436 g/mol. The van der Waals surface area contributed by atoms with E-state index in [1.54, 1.807) is 29.6 Å². The molecule has 0 fully saturated rings. The van der Waals surface area contributed by atoms with E-state index in [0.717, 1.165) is 22.5 Å². The summed E-state index contributed by atoms with van der Waals surface area (Å²) in [4.78, 5) is 16.5. The Morgan fingerprint density at radius 2 is 1.86 bits per heavy atom. The van der Waals surface area contributed by atoms with Crippen LogP contribution >= 0.6 is 22.9 Å². The maximum Gasteiger partial charge on any atom is 0.263 e. The molecule has 9 heteroatoms. The number of nitrogens with zero attached hydrogens (tertiary/aromatic N) is 1. The molecule has 0 atom stereocenters. The van der Waals surface area contributed by atoms with Crippen molar-refractivity contribution in [1.29, 1.82) is 0 Å². The van der Waals surface area contributed by atoms with Gasteiger partial charge in [-0.1, -0.05) is 35.4 Å². The van der Waals surface area contributed by atoms with Gasteiger partial charge in [0, 0.05) is 16.1 Å². The summed E-state index contributed by atoms with van der Waals surface area (Å²) in [6, 6.07) is 11.8. The Balaban J connectivity index is 1.64. The molecule has 6 nitrogen and oxygen atoms in total. The maximum absolute atomic E-state index is 12.4. The van der Waals surface area contributed by atoms with Gasteiger partial charge in [-0.15, -0.1) is 11.3 Å². The SMILES string of the molecule is Cc1ccc(S(=O)(=O)Nc2nc(CC(=O)Nc3ccc(C)c(Cl)c3)cs2)cc1. The van der Waals surface area contributed by atoms with Crippen LogP contribution in [0.2, 0.25) is 5.02 Å². The van der Waals surface area contributed by atoms with Crippen LogP contribution < -0.4 is 10.0 Å². The van der Waals surface area contributed by atoms with Crippen LogP contribution in [-0.4, -0.2) is 19.3 Å². The van der Waals surface area contributed by atoms with E-state index in [1.807, 2.05) is 19.9 Å². The second-order valence-corrected chi connectivity index (χ2v) is 9.20. The number of aryl methyl sites for hydroxylation is 2. The molecular formula is C19H18ClN3O3S2. The first-order valence-electron chi connectivity index (χ1n) is 8.33. The minimum atomic E-state index is -3.72. The smallest absolute Gasteiger partial charge is 0.263 e. The molecule has 1 aromatic heterocycles. The Labute approximate surface area is 172 Å². The third-order valence-corrected chi connectivity index (χ3v) is 6.60. The number of hydrogen-bond acceptors (Lipinski definition) is 5. The van der Waals surface area contributed by atoms with Crippen molar-refractivity contribution >= 4 is 49.7 Å². The lowest BCUT2D eigenvalue weighted by Crippen LogP contribution is -2.15. The first kappa shape index (κ1) is 20.3. The Hall–Kier alpha value is -2.42.